The highest BCUT2D eigenvalue weighted by atomic mass is 32.2. The van der Waals surface area contributed by atoms with Crippen molar-refractivity contribution in [2.24, 2.45) is 0 Å². The van der Waals surface area contributed by atoms with Gasteiger partial charge in [-0.05, 0) is 50.4 Å². The Labute approximate surface area is 113 Å². The molecule has 4 nitrogen and oxygen atoms in total. The fourth-order valence-electron chi connectivity index (χ4n) is 1.78. The van der Waals surface area contributed by atoms with Crippen molar-refractivity contribution in [3.8, 4) is 0 Å². The number of benzene rings is 1. The van der Waals surface area contributed by atoms with E-state index in [4.69, 9.17) is 0 Å². The van der Waals surface area contributed by atoms with Crippen molar-refractivity contribution in [3.05, 3.63) is 29.6 Å². The maximum absolute atomic E-state index is 13.5. The van der Waals surface area contributed by atoms with Crippen LogP contribution in [-0.4, -0.2) is 27.5 Å². The van der Waals surface area contributed by atoms with Gasteiger partial charge in [-0.2, -0.15) is 0 Å². The van der Waals surface area contributed by atoms with Gasteiger partial charge in [-0.3, -0.25) is 0 Å². The summed E-state index contributed by atoms with van der Waals surface area (Å²) < 4.78 is 39.8. The molecule has 0 bridgehead atoms. The molecule has 1 aliphatic carbocycles. The molecule has 0 unspecified atom stereocenters. The number of hydrogen-bond acceptors (Lipinski definition) is 3. The minimum Gasteiger partial charge on any atom is -0.314 e. The first kappa shape index (κ1) is 14.4. The van der Waals surface area contributed by atoms with Gasteiger partial charge in [0.2, 0.25) is 10.0 Å². The van der Waals surface area contributed by atoms with Crippen molar-refractivity contribution < 1.29 is 12.8 Å². The molecule has 19 heavy (non-hydrogen) atoms. The third-order valence-corrected chi connectivity index (χ3v) is 4.51. The van der Waals surface area contributed by atoms with Crippen LogP contribution < -0.4 is 10.0 Å². The van der Waals surface area contributed by atoms with Gasteiger partial charge in [-0.15, -0.1) is 0 Å². The van der Waals surface area contributed by atoms with E-state index in [1.54, 1.807) is 13.0 Å². The van der Waals surface area contributed by atoms with Crippen LogP contribution >= 0.6 is 0 Å². The van der Waals surface area contributed by atoms with Gasteiger partial charge >= 0.3 is 0 Å². The van der Waals surface area contributed by atoms with Crippen LogP contribution in [0.5, 0.6) is 0 Å². The normalized spacial score (nSPS) is 15.7. The van der Waals surface area contributed by atoms with Crippen LogP contribution in [0.1, 0.15) is 24.8 Å². The topological polar surface area (TPSA) is 58.2 Å². The Morgan fingerprint density at radius 2 is 2.05 bits per heavy atom. The van der Waals surface area contributed by atoms with Crippen LogP contribution in [0.15, 0.2) is 23.1 Å². The van der Waals surface area contributed by atoms with Crippen LogP contribution in [0.25, 0.3) is 0 Å². The van der Waals surface area contributed by atoms with E-state index >= 15 is 0 Å². The molecule has 1 saturated carbocycles. The first-order valence-corrected chi connectivity index (χ1v) is 7.96. The summed E-state index contributed by atoms with van der Waals surface area (Å²) in [6, 6.07) is 4.69. The van der Waals surface area contributed by atoms with Crippen LogP contribution in [0, 0.1) is 12.7 Å². The molecule has 0 heterocycles. The largest absolute Gasteiger partial charge is 0.314 e. The summed E-state index contributed by atoms with van der Waals surface area (Å²) in [7, 11) is -3.75. The third kappa shape index (κ3) is 4.26. The second kappa shape index (κ2) is 5.98. The SMILES string of the molecule is Cc1ccc(F)c(S(=O)(=O)NCCCNC2CC2)c1. The number of nitrogens with one attached hydrogen (secondary N) is 2. The molecule has 1 fully saturated rings. The van der Waals surface area contributed by atoms with Crippen LogP contribution in [0.3, 0.4) is 0 Å². The Bertz CT molecular complexity index is 542. The Balaban J connectivity index is 1.87. The average molecular weight is 286 g/mol. The lowest BCUT2D eigenvalue weighted by atomic mass is 10.2. The third-order valence-electron chi connectivity index (χ3n) is 3.03. The fourth-order valence-corrected chi connectivity index (χ4v) is 3.02. The summed E-state index contributed by atoms with van der Waals surface area (Å²) in [4.78, 5) is -0.275. The zero-order valence-electron chi connectivity index (χ0n) is 10.9. The molecule has 0 atom stereocenters. The van der Waals surface area contributed by atoms with Gasteiger partial charge in [-0.1, -0.05) is 6.07 Å². The van der Waals surface area contributed by atoms with Crippen molar-refractivity contribution >= 4 is 10.0 Å². The van der Waals surface area contributed by atoms with E-state index in [9.17, 15) is 12.8 Å². The van der Waals surface area contributed by atoms with Crippen LogP contribution in [0.2, 0.25) is 0 Å². The van der Waals surface area contributed by atoms with Gasteiger partial charge < -0.3 is 5.32 Å². The van der Waals surface area contributed by atoms with Gasteiger partial charge in [0, 0.05) is 12.6 Å². The Morgan fingerprint density at radius 1 is 1.32 bits per heavy atom. The Morgan fingerprint density at radius 3 is 2.74 bits per heavy atom. The summed E-state index contributed by atoms with van der Waals surface area (Å²) in [5.41, 5.74) is 0.720. The number of sulfonamides is 1. The summed E-state index contributed by atoms with van der Waals surface area (Å²) in [6.07, 6.45) is 3.11. The Hall–Kier alpha value is -0.980. The smallest absolute Gasteiger partial charge is 0.243 e. The summed E-state index contributed by atoms with van der Waals surface area (Å²) >= 11 is 0. The monoisotopic (exact) mass is 286 g/mol. The first-order chi connectivity index (χ1) is 8.99. The first-order valence-electron chi connectivity index (χ1n) is 6.48. The number of aryl methyl sites for hydroxylation is 1. The molecule has 1 aliphatic rings. The van der Waals surface area contributed by atoms with Gasteiger partial charge in [0.25, 0.3) is 0 Å². The van der Waals surface area contributed by atoms with E-state index in [1.165, 1.54) is 25.0 Å². The van der Waals surface area contributed by atoms with E-state index in [2.05, 4.69) is 10.0 Å². The molecule has 1 aromatic rings. The number of rotatable bonds is 7. The molecule has 0 aromatic heterocycles. The molecule has 2 rings (SSSR count). The quantitative estimate of drug-likeness (QED) is 0.748. The molecule has 0 amide bonds. The minimum atomic E-state index is -3.75. The van der Waals surface area contributed by atoms with Crippen molar-refractivity contribution in [2.75, 3.05) is 13.1 Å². The second-order valence-electron chi connectivity index (χ2n) is 4.91. The molecule has 6 heteroatoms. The Kier molecular flexibility index (Phi) is 4.54. The molecular weight excluding hydrogens is 267 g/mol. The fraction of sp³-hybridized carbons (Fsp3) is 0.538. The van der Waals surface area contributed by atoms with Crippen LogP contribution in [0.4, 0.5) is 4.39 Å². The zero-order valence-corrected chi connectivity index (χ0v) is 11.8. The van der Waals surface area contributed by atoms with Crippen LogP contribution in [-0.2, 0) is 10.0 Å². The predicted molar refractivity (Wildman–Crippen MR) is 72.0 cm³/mol. The second-order valence-corrected chi connectivity index (χ2v) is 6.65. The van der Waals surface area contributed by atoms with E-state index in [-0.39, 0.29) is 4.90 Å². The van der Waals surface area contributed by atoms with Crippen molar-refractivity contribution in [3.63, 3.8) is 0 Å². The lowest BCUT2D eigenvalue weighted by molar-refractivity contribution is 0.552. The predicted octanol–water partition coefficient (Wildman–Crippen LogP) is 1.55. The standard InChI is InChI=1S/C13H19FN2O2S/c1-10-3-6-12(14)13(9-10)19(17,18)16-8-2-7-15-11-4-5-11/h3,6,9,11,15-16H,2,4-5,7-8H2,1H3. The van der Waals surface area contributed by atoms with E-state index in [1.807, 2.05) is 0 Å². The molecular formula is C13H19FN2O2S. The highest BCUT2D eigenvalue weighted by Gasteiger charge is 2.20. The van der Waals surface area contributed by atoms with Crippen molar-refractivity contribution in [2.45, 2.75) is 37.1 Å². The highest BCUT2D eigenvalue weighted by molar-refractivity contribution is 7.89. The molecule has 0 aliphatic heterocycles. The van der Waals surface area contributed by atoms with E-state index in [0.717, 1.165) is 12.1 Å². The molecule has 2 N–H and O–H groups in total. The van der Waals surface area contributed by atoms with Gasteiger partial charge in [-0.25, -0.2) is 17.5 Å². The maximum atomic E-state index is 13.5. The summed E-state index contributed by atoms with van der Waals surface area (Å²) in [6.45, 7) is 2.83. The van der Waals surface area contributed by atoms with Gasteiger partial charge in [0.05, 0.1) is 0 Å². The van der Waals surface area contributed by atoms with E-state index < -0.39 is 15.8 Å². The van der Waals surface area contributed by atoms with Crippen molar-refractivity contribution in [1.82, 2.24) is 10.0 Å². The van der Waals surface area contributed by atoms with Gasteiger partial charge in [0.1, 0.15) is 10.7 Å². The molecule has 1 aromatic carbocycles. The lowest BCUT2D eigenvalue weighted by Gasteiger charge is -2.08. The van der Waals surface area contributed by atoms with E-state index in [0.29, 0.717) is 19.0 Å². The zero-order chi connectivity index (χ0) is 13.9. The van der Waals surface area contributed by atoms with Gasteiger partial charge in [0.15, 0.2) is 0 Å². The molecule has 0 saturated heterocycles. The maximum Gasteiger partial charge on any atom is 0.243 e. The number of hydrogen-bond donors (Lipinski definition) is 2. The minimum absolute atomic E-state index is 0.275. The molecule has 0 radical (unpaired) electrons. The number of halogens is 1. The summed E-state index contributed by atoms with van der Waals surface area (Å²) in [5, 5.41) is 3.29. The average Bonchev–Trinajstić information content (AvgIpc) is 3.15. The lowest BCUT2D eigenvalue weighted by Crippen LogP contribution is -2.28. The molecule has 0 spiro atoms. The molecule has 106 valence electrons. The van der Waals surface area contributed by atoms with Crippen molar-refractivity contribution in [1.29, 1.82) is 0 Å². The summed E-state index contributed by atoms with van der Waals surface area (Å²) in [5.74, 6) is -0.714. The highest BCUT2D eigenvalue weighted by Crippen LogP contribution is 2.18.